The molecule has 0 heterocycles. The van der Waals surface area contributed by atoms with Crippen molar-refractivity contribution in [1.29, 1.82) is 0 Å². The van der Waals surface area contributed by atoms with Crippen LogP contribution in [0.3, 0.4) is 0 Å². The van der Waals surface area contributed by atoms with Crippen molar-refractivity contribution in [1.82, 2.24) is 0 Å². The highest BCUT2D eigenvalue weighted by molar-refractivity contribution is 8.64. The molecule has 2 aromatic rings. The lowest BCUT2D eigenvalue weighted by Crippen LogP contribution is -2.13. The van der Waals surface area contributed by atoms with E-state index in [4.69, 9.17) is 44.3 Å². The molecule has 2 aromatic carbocycles. The number of carbonyl (C=O) groups is 1. The Morgan fingerprint density at radius 1 is 1.27 bits per heavy atom. The van der Waals surface area contributed by atoms with E-state index in [0.717, 1.165) is 6.08 Å². The first-order chi connectivity index (χ1) is 15.5. The summed E-state index contributed by atoms with van der Waals surface area (Å²) in [5, 5.41) is 11.8. The second kappa shape index (κ2) is 10.3. The lowest BCUT2D eigenvalue weighted by atomic mass is 10.1. The monoisotopic (exact) mass is 541 g/mol. The zero-order valence-electron chi connectivity index (χ0n) is 17.2. The number of nitrogens with zero attached hydrogens (tertiary/aromatic N) is 2. The number of aryl methyl sites for hydroxylation is 1. The van der Waals surface area contributed by atoms with Crippen LogP contribution in [0, 0.1) is 22.4 Å². The van der Waals surface area contributed by atoms with Gasteiger partial charge in [0.15, 0.2) is 16.6 Å². The predicted molar refractivity (Wildman–Crippen MR) is 138 cm³/mol. The third kappa shape index (κ3) is 5.99. The molecule has 0 aromatic heterocycles. The molecule has 12 heteroatoms. The number of thiol groups is 1. The average molecular weight is 542 g/mol. The molecular formula is C21H16Cl2N2O5PS2+. The molecular weight excluding hydrogens is 526 g/mol. The number of hydrogen-bond donors (Lipinski definition) is 1. The highest BCUT2D eigenvalue weighted by Crippen LogP contribution is 2.52. The lowest BCUT2D eigenvalue weighted by molar-refractivity contribution is -0.419. The Labute approximate surface area is 210 Å². The summed E-state index contributed by atoms with van der Waals surface area (Å²) >= 11 is 22.5. The van der Waals surface area contributed by atoms with Crippen molar-refractivity contribution < 1.29 is 19.0 Å². The van der Waals surface area contributed by atoms with Gasteiger partial charge in [-0.05, 0) is 60.7 Å². The van der Waals surface area contributed by atoms with E-state index >= 15 is 0 Å². The fourth-order valence-corrected chi connectivity index (χ4v) is 5.67. The van der Waals surface area contributed by atoms with Crippen LogP contribution in [0.15, 0.2) is 65.3 Å². The van der Waals surface area contributed by atoms with Crippen LogP contribution < -0.4 is 14.6 Å². The number of benzene rings is 2. The van der Waals surface area contributed by atoms with Gasteiger partial charge >= 0.3 is 5.70 Å². The van der Waals surface area contributed by atoms with Gasteiger partial charge in [-0.3, -0.25) is 4.79 Å². The molecule has 0 fully saturated rings. The highest BCUT2D eigenvalue weighted by atomic mass is 35.5. The third-order valence-electron chi connectivity index (χ3n) is 4.45. The second-order valence-electron chi connectivity index (χ2n) is 6.72. The molecule has 170 valence electrons. The van der Waals surface area contributed by atoms with E-state index in [2.05, 4.69) is 17.2 Å². The van der Waals surface area contributed by atoms with Crippen molar-refractivity contribution in [2.75, 3.05) is 7.11 Å². The summed E-state index contributed by atoms with van der Waals surface area (Å²) in [5.74, 6) is 0.143. The molecule has 3 rings (SSSR count). The van der Waals surface area contributed by atoms with Crippen LogP contribution in [-0.4, -0.2) is 23.7 Å². The van der Waals surface area contributed by atoms with Gasteiger partial charge in [-0.15, -0.1) is 0 Å². The summed E-state index contributed by atoms with van der Waals surface area (Å²) in [6, 6.07) is 10.0. The van der Waals surface area contributed by atoms with Crippen LogP contribution in [-0.2, 0) is 11.8 Å². The van der Waals surface area contributed by atoms with E-state index in [0.29, 0.717) is 21.6 Å². The molecule has 0 aliphatic heterocycles. The third-order valence-corrected chi connectivity index (χ3v) is 8.14. The van der Waals surface area contributed by atoms with Crippen LogP contribution in [0.25, 0.3) is 0 Å². The SMILES string of the molecule is COc1ccc(P(=S)(S)Oc2c(C)cc(Cl)cc2C(=O)N=C2C=CC([N+](=O)[O-])=C[C+]2Cl)cc1. The number of ether oxygens (including phenoxy) is 1. The molecule has 1 atom stereocenters. The van der Waals surface area contributed by atoms with Crippen molar-refractivity contribution in [2.24, 2.45) is 4.99 Å². The maximum absolute atomic E-state index is 13.1. The standard InChI is InChI=1S/C21H15Cl2N2O5PS2/c1-12-9-13(22)10-17(21(26)24-19-8-3-14(25(27)28)11-18(19)23)20(12)30-31(32,33)16-6-4-15(29-2)5-7-16/h3-11H,1-2H3/p+1. The Morgan fingerprint density at radius 2 is 1.94 bits per heavy atom. The summed E-state index contributed by atoms with van der Waals surface area (Å²) in [4.78, 5) is 27.4. The largest absolute Gasteiger partial charge is 0.497 e. The number of allylic oxidation sites excluding steroid dienone is 3. The normalized spacial score (nSPS) is 16.2. The van der Waals surface area contributed by atoms with E-state index in [1.54, 1.807) is 44.4 Å². The molecule has 1 aliphatic rings. The van der Waals surface area contributed by atoms with Crippen LogP contribution in [0.4, 0.5) is 0 Å². The number of halogens is 2. The minimum atomic E-state index is -2.88. The zero-order valence-corrected chi connectivity index (χ0v) is 21.3. The molecule has 0 radical (unpaired) electrons. The minimum Gasteiger partial charge on any atom is -0.497 e. The summed E-state index contributed by atoms with van der Waals surface area (Å²) in [5.41, 5.74) is -2.41. The number of methoxy groups -OCH3 is 1. The first-order valence-corrected chi connectivity index (χ1v) is 13.8. The molecule has 1 aliphatic carbocycles. The molecule has 0 saturated heterocycles. The minimum absolute atomic E-state index is 0.0451. The van der Waals surface area contributed by atoms with E-state index in [1.165, 1.54) is 18.2 Å². The maximum Gasteiger partial charge on any atom is 0.371 e. The van der Waals surface area contributed by atoms with E-state index in [1.807, 2.05) is 0 Å². The molecule has 0 saturated carbocycles. The Balaban J connectivity index is 1.97. The Bertz CT molecular complexity index is 1260. The molecule has 33 heavy (non-hydrogen) atoms. The van der Waals surface area contributed by atoms with E-state index in [9.17, 15) is 14.9 Å². The van der Waals surface area contributed by atoms with Crippen molar-refractivity contribution in [2.45, 2.75) is 6.92 Å². The van der Waals surface area contributed by atoms with Crippen molar-refractivity contribution in [3.8, 4) is 11.5 Å². The molecule has 1 unspecified atom stereocenters. The summed E-state index contributed by atoms with van der Waals surface area (Å²) in [7, 11) is 1.55. The quantitative estimate of drug-likeness (QED) is 0.166. The maximum atomic E-state index is 13.1. The number of amides is 1. The van der Waals surface area contributed by atoms with Gasteiger partial charge in [0, 0.05) is 21.9 Å². The van der Waals surface area contributed by atoms with Crippen LogP contribution >= 0.6 is 40.9 Å². The molecule has 0 bridgehead atoms. The van der Waals surface area contributed by atoms with E-state index in [-0.39, 0.29) is 28.1 Å². The number of rotatable bonds is 6. The van der Waals surface area contributed by atoms with Gasteiger partial charge in [0.25, 0.3) is 5.91 Å². The fourth-order valence-electron chi connectivity index (χ4n) is 2.83. The fraction of sp³-hybridized carbons (Fsp3) is 0.0952. The van der Waals surface area contributed by atoms with Gasteiger partial charge in [-0.1, -0.05) is 23.8 Å². The smallest absolute Gasteiger partial charge is 0.371 e. The van der Waals surface area contributed by atoms with Crippen LogP contribution in [0.1, 0.15) is 15.9 Å². The average Bonchev–Trinajstić information content (AvgIpc) is 2.76. The predicted octanol–water partition coefficient (Wildman–Crippen LogP) is 5.68. The summed E-state index contributed by atoms with van der Waals surface area (Å²) in [6.45, 7) is 1.72. The first-order valence-electron chi connectivity index (χ1n) is 9.19. The number of hydrogen-bond acceptors (Lipinski definition) is 6. The van der Waals surface area contributed by atoms with Crippen molar-refractivity contribution >= 4 is 69.6 Å². The Hall–Kier alpha value is -2.29. The zero-order chi connectivity index (χ0) is 24.3. The number of carbonyl (C=O) groups excluding carboxylic acids is 1. The number of aliphatic imine (C=N–C) groups is 1. The Kier molecular flexibility index (Phi) is 7.92. The van der Waals surface area contributed by atoms with Gasteiger partial charge < -0.3 is 9.26 Å². The van der Waals surface area contributed by atoms with Gasteiger partial charge in [-0.25, -0.2) is 10.1 Å². The topological polar surface area (TPSA) is 91.0 Å². The van der Waals surface area contributed by atoms with Gasteiger partial charge in [-0.2, -0.15) is 4.99 Å². The van der Waals surface area contributed by atoms with Gasteiger partial charge in [0.05, 0.1) is 18.7 Å². The summed E-state index contributed by atoms with van der Waals surface area (Å²) < 4.78 is 11.3. The molecule has 0 N–H and O–H groups in total. The second-order valence-corrected chi connectivity index (χ2v) is 13.3. The van der Waals surface area contributed by atoms with Crippen molar-refractivity contribution in [3.63, 3.8) is 0 Å². The van der Waals surface area contributed by atoms with Gasteiger partial charge in [0.1, 0.15) is 28.6 Å². The summed E-state index contributed by atoms with van der Waals surface area (Å²) in [6.07, 6.45) is 3.61. The number of nitro groups is 1. The van der Waals surface area contributed by atoms with E-state index < -0.39 is 16.3 Å². The first kappa shape index (κ1) is 25.3. The van der Waals surface area contributed by atoms with Crippen LogP contribution in [0.5, 0.6) is 11.5 Å². The van der Waals surface area contributed by atoms with Crippen LogP contribution in [0.2, 0.25) is 5.02 Å². The highest BCUT2D eigenvalue weighted by Gasteiger charge is 2.31. The van der Waals surface area contributed by atoms with Gasteiger partial charge in [0.2, 0.25) is 0 Å². The van der Waals surface area contributed by atoms with Crippen molar-refractivity contribution in [3.05, 3.63) is 92.0 Å². The molecule has 7 nitrogen and oxygen atoms in total. The Morgan fingerprint density at radius 3 is 2.52 bits per heavy atom. The molecule has 0 spiro atoms. The molecule has 1 amide bonds. The lowest BCUT2D eigenvalue weighted by Gasteiger charge is -2.21.